The number of fused-ring (bicyclic) bond motifs is 3. The summed E-state index contributed by atoms with van der Waals surface area (Å²) in [5.74, 6) is -0.856. The first kappa shape index (κ1) is 11.6. The van der Waals surface area contributed by atoms with Gasteiger partial charge >= 0.3 is 6.36 Å². The molecule has 0 fully saturated rings. The van der Waals surface area contributed by atoms with E-state index in [1.807, 2.05) is 0 Å². The maximum Gasteiger partial charge on any atom is 0.573 e. The molecule has 0 aromatic heterocycles. The lowest BCUT2D eigenvalue weighted by atomic mass is 10.0. The van der Waals surface area contributed by atoms with E-state index < -0.39 is 12.3 Å². The lowest BCUT2D eigenvalue weighted by Gasteiger charge is -2.10. The largest absolute Gasteiger partial charge is 0.573 e. The van der Waals surface area contributed by atoms with Crippen molar-refractivity contribution >= 4 is 29.1 Å². The van der Waals surface area contributed by atoms with Crippen molar-refractivity contribution in [3.05, 3.63) is 29.8 Å². The summed E-state index contributed by atoms with van der Waals surface area (Å²) in [6.07, 6.45) is -1.93. The number of amides is 1. The van der Waals surface area contributed by atoms with Gasteiger partial charge in [-0.3, -0.25) is 4.79 Å². The van der Waals surface area contributed by atoms with Crippen molar-refractivity contribution in [1.29, 1.82) is 0 Å². The van der Waals surface area contributed by atoms with Gasteiger partial charge in [0.15, 0.2) is 0 Å². The van der Waals surface area contributed by atoms with Gasteiger partial charge in [-0.2, -0.15) is 0 Å². The highest BCUT2D eigenvalue weighted by molar-refractivity contribution is 6.60. The van der Waals surface area contributed by atoms with Gasteiger partial charge in [0.05, 0.1) is 5.69 Å². The van der Waals surface area contributed by atoms with Gasteiger partial charge < -0.3 is 4.74 Å². The Balaban J connectivity index is 2.03. The summed E-state index contributed by atoms with van der Waals surface area (Å²) in [5.41, 5.74) is 1.45. The van der Waals surface area contributed by atoms with E-state index in [4.69, 9.17) is 0 Å². The van der Waals surface area contributed by atoms with Crippen LogP contribution in [-0.2, 0) is 4.79 Å². The molecule has 0 unspecified atom stereocenters. The molecule has 2 aliphatic rings. The first-order valence-electron chi connectivity index (χ1n) is 5.22. The molecular weight excluding hydrogens is 261 g/mol. The van der Waals surface area contributed by atoms with Crippen molar-refractivity contribution in [1.82, 2.24) is 0 Å². The molecule has 0 radical (unpaired) electrons. The molecule has 2 heterocycles. The third kappa shape index (κ3) is 2.03. The molecule has 7 heteroatoms. The quantitative estimate of drug-likeness (QED) is 0.784. The average molecular weight is 266 g/mol. The third-order valence-electron chi connectivity index (χ3n) is 2.61. The second-order valence-corrected chi connectivity index (χ2v) is 3.85. The minimum absolute atomic E-state index is 0.140. The summed E-state index contributed by atoms with van der Waals surface area (Å²) in [4.78, 5) is 19.1. The Hall–Kier alpha value is -2.44. The highest BCUT2D eigenvalue weighted by Crippen LogP contribution is 2.39. The van der Waals surface area contributed by atoms with Crippen LogP contribution in [0, 0.1) is 0 Å². The van der Waals surface area contributed by atoms with Crippen LogP contribution in [0.1, 0.15) is 5.56 Å². The molecule has 3 rings (SSSR count). The van der Waals surface area contributed by atoms with Crippen LogP contribution in [0.3, 0.4) is 0 Å². The fraction of sp³-hybridized carbons (Fsp3) is 0.0833. The van der Waals surface area contributed by atoms with Crippen LogP contribution in [0.15, 0.2) is 34.3 Å². The number of dihydropyridines is 1. The number of hydrogen-bond donors (Lipinski definition) is 0. The second kappa shape index (κ2) is 3.78. The topological polar surface area (TPSA) is 51.0 Å². The van der Waals surface area contributed by atoms with Crippen molar-refractivity contribution in [3.8, 4) is 5.75 Å². The van der Waals surface area contributed by atoms with Crippen molar-refractivity contribution in [2.75, 3.05) is 0 Å². The molecule has 4 nitrogen and oxygen atoms in total. The van der Waals surface area contributed by atoms with Gasteiger partial charge in [0, 0.05) is 17.4 Å². The number of aliphatic imine (C=N–C) groups is 2. The summed E-state index contributed by atoms with van der Waals surface area (Å²) in [6, 6.07) is 3.73. The van der Waals surface area contributed by atoms with Gasteiger partial charge in [-0.05, 0) is 24.3 Å². The summed E-state index contributed by atoms with van der Waals surface area (Å²) >= 11 is 0. The number of ether oxygens (including phenoxy) is 1. The second-order valence-electron chi connectivity index (χ2n) is 3.85. The van der Waals surface area contributed by atoms with Crippen molar-refractivity contribution in [2.24, 2.45) is 9.98 Å². The molecule has 0 bridgehead atoms. The van der Waals surface area contributed by atoms with Crippen LogP contribution >= 0.6 is 0 Å². The Morgan fingerprint density at radius 1 is 1.21 bits per heavy atom. The Bertz CT molecular complexity index is 672. The number of carbonyl (C=O) groups excluding carboxylic acids is 1. The molecule has 0 aliphatic carbocycles. The third-order valence-corrected chi connectivity index (χ3v) is 2.61. The van der Waals surface area contributed by atoms with E-state index in [0.29, 0.717) is 16.8 Å². The monoisotopic (exact) mass is 266 g/mol. The Morgan fingerprint density at radius 2 is 2.00 bits per heavy atom. The molecule has 0 N–H and O–H groups in total. The Labute approximate surface area is 104 Å². The highest BCUT2D eigenvalue weighted by Gasteiger charge is 2.33. The van der Waals surface area contributed by atoms with Crippen LogP contribution in [0.5, 0.6) is 5.75 Å². The first-order chi connectivity index (χ1) is 8.94. The summed E-state index contributed by atoms with van der Waals surface area (Å²) < 4.78 is 40.3. The maximum absolute atomic E-state index is 12.1. The number of nitrogens with zero attached hydrogens (tertiary/aromatic N) is 2. The minimum Gasteiger partial charge on any atom is -0.406 e. The van der Waals surface area contributed by atoms with Gasteiger partial charge in [-0.1, -0.05) is 0 Å². The first-order valence-corrected chi connectivity index (χ1v) is 5.22. The van der Waals surface area contributed by atoms with E-state index in [1.54, 1.807) is 0 Å². The predicted octanol–water partition coefficient (Wildman–Crippen LogP) is 2.67. The van der Waals surface area contributed by atoms with Gasteiger partial charge in [-0.25, -0.2) is 9.98 Å². The Morgan fingerprint density at radius 3 is 2.74 bits per heavy atom. The average Bonchev–Trinajstić information content (AvgIpc) is 2.67. The molecule has 2 aliphatic heterocycles. The van der Waals surface area contributed by atoms with E-state index in [2.05, 4.69) is 14.7 Å². The van der Waals surface area contributed by atoms with Gasteiger partial charge in [-0.15, -0.1) is 13.2 Å². The zero-order valence-corrected chi connectivity index (χ0v) is 9.23. The molecule has 19 heavy (non-hydrogen) atoms. The number of benzene rings is 1. The number of alkyl halides is 3. The number of allylic oxidation sites excluding steroid dienone is 1. The number of halogens is 3. The van der Waals surface area contributed by atoms with E-state index in [-0.39, 0.29) is 11.5 Å². The number of hydrogen-bond acceptors (Lipinski definition) is 3. The van der Waals surface area contributed by atoms with Crippen molar-refractivity contribution in [3.63, 3.8) is 0 Å². The highest BCUT2D eigenvalue weighted by atomic mass is 19.4. The van der Waals surface area contributed by atoms with Gasteiger partial charge in [0.1, 0.15) is 11.5 Å². The van der Waals surface area contributed by atoms with Gasteiger partial charge in [0.25, 0.3) is 5.91 Å². The molecular formula is C12H5F3N2O2. The number of rotatable bonds is 1. The molecule has 0 saturated heterocycles. The lowest BCUT2D eigenvalue weighted by molar-refractivity contribution is -0.274. The van der Waals surface area contributed by atoms with E-state index in [0.717, 1.165) is 6.07 Å². The van der Waals surface area contributed by atoms with E-state index in [1.165, 1.54) is 24.4 Å². The van der Waals surface area contributed by atoms with Crippen LogP contribution < -0.4 is 4.74 Å². The molecule has 0 spiro atoms. The molecule has 1 aromatic carbocycles. The fourth-order valence-electron chi connectivity index (χ4n) is 1.91. The molecule has 1 aromatic rings. The summed E-state index contributed by atoms with van der Waals surface area (Å²) in [7, 11) is 0. The lowest BCUT2D eigenvalue weighted by Crippen LogP contribution is -2.17. The van der Waals surface area contributed by atoms with Crippen molar-refractivity contribution < 1.29 is 22.7 Å². The summed E-state index contributed by atoms with van der Waals surface area (Å²) in [6.45, 7) is 0. The SMILES string of the molecule is O=C1N=CC=C2C1=Nc1ccc(OC(F)(F)F)cc12. The van der Waals surface area contributed by atoms with E-state index in [9.17, 15) is 18.0 Å². The zero-order chi connectivity index (χ0) is 13.6. The van der Waals surface area contributed by atoms with E-state index >= 15 is 0 Å². The minimum atomic E-state index is -4.76. The van der Waals surface area contributed by atoms with Crippen LogP contribution in [0.4, 0.5) is 18.9 Å². The standard InChI is InChI=1S/C12H5F3N2O2/c13-12(14,15)19-6-1-2-9-8(5-6)7-3-4-16-11(18)10(7)17-9/h1-5H. The molecule has 0 saturated carbocycles. The number of carbonyl (C=O) groups is 1. The van der Waals surface area contributed by atoms with Crippen LogP contribution in [-0.4, -0.2) is 24.2 Å². The van der Waals surface area contributed by atoms with Crippen LogP contribution in [0.25, 0.3) is 5.57 Å². The fourth-order valence-corrected chi connectivity index (χ4v) is 1.91. The molecule has 1 amide bonds. The normalized spacial score (nSPS) is 16.7. The molecule has 96 valence electrons. The van der Waals surface area contributed by atoms with Crippen molar-refractivity contribution in [2.45, 2.75) is 6.36 Å². The van der Waals surface area contributed by atoms with Crippen LogP contribution in [0.2, 0.25) is 0 Å². The summed E-state index contributed by atoms with van der Waals surface area (Å²) in [5, 5.41) is 0. The maximum atomic E-state index is 12.1. The van der Waals surface area contributed by atoms with Gasteiger partial charge in [0.2, 0.25) is 0 Å². The predicted molar refractivity (Wildman–Crippen MR) is 61.7 cm³/mol. The Kier molecular flexibility index (Phi) is 2.31. The smallest absolute Gasteiger partial charge is 0.406 e. The zero-order valence-electron chi connectivity index (χ0n) is 9.23. The molecule has 0 atom stereocenters.